The summed E-state index contributed by atoms with van der Waals surface area (Å²) in [5.41, 5.74) is 1.47. The Bertz CT molecular complexity index is 1410. The van der Waals surface area contributed by atoms with Crippen molar-refractivity contribution in [3.63, 3.8) is 0 Å². The minimum atomic E-state index is -4.04. The number of carboxylic acids is 1. The highest BCUT2D eigenvalue weighted by Crippen LogP contribution is 2.24. The van der Waals surface area contributed by atoms with Crippen molar-refractivity contribution in [2.24, 2.45) is 0 Å². The number of ether oxygens (including phenoxy) is 1. The zero-order chi connectivity index (χ0) is 29.3. The first-order valence-corrected chi connectivity index (χ1v) is 14.6. The Morgan fingerprint density at radius 3 is 2.42 bits per heavy atom. The number of benzene rings is 1. The number of unbranched alkanes of at least 4 members (excludes halogenated alkanes) is 1. The lowest BCUT2D eigenvalue weighted by atomic mass is 9.99. The van der Waals surface area contributed by atoms with Crippen LogP contribution in [0, 0.1) is 0 Å². The molecule has 1 aromatic carbocycles. The minimum absolute atomic E-state index is 0.0212. The predicted octanol–water partition coefficient (Wildman–Crippen LogP) is 4.91. The maximum atomic E-state index is 13.3. The number of carboxylic acid groups (broad SMARTS) is 1. The van der Waals surface area contributed by atoms with Crippen molar-refractivity contribution in [2.75, 3.05) is 11.4 Å². The molecular formula is C29H36N4O6S. The maximum absolute atomic E-state index is 13.3. The van der Waals surface area contributed by atoms with Gasteiger partial charge in [-0.1, -0.05) is 49.7 Å². The van der Waals surface area contributed by atoms with E-state index < -0.39 is 40.3 Å². The van der Waals surface area contributed by atoms with E-state index in [9.17, 15) is 23.1 Å². The lowest BCUT2D eigenvalue weighted by Crippen LogP contribution is -2.40. The van der Waals surface area contributed by atoms with E-state index in [0.29, 0.717) is 5.69 Å². The lowest BCUT2D eigenvalue weighted by molar-refractivity contribution is -0.135. The van der Waals surface area contributed by atoms with Crippen LogP contribution in [-0.4, -0.2) is 47.7 Å². The number of pyridine rings is 2. The number of anilines is 1. The summed E-state index contributed by atoms with van der Waals surface area (Å²) in [5.74, 6) is -1.23. The molecule has 0 bridgehead atoms. The molecule has 0 saturated carbocycles. The molecule has 2 heterocycles. The number of nitrogens with zero attached hydrogens (tertiary/aromatic N) is 3. The van der Waals surface area contributed by atoms with Crippen LogP contribution in [-0.2, 0) is 32.4 Å². The summed E-state index contributed by atoms with van der Waals surface area (Å²) in [7, 11) is -4.04. The molecule has 3 aromatic rings. The van der Waals surface area contributed by atoms with Gasteiger partial charge in [0.1, 0.15) is 18.0 Å². The van der Waals surface area contributed by atoms with Gasteiger partial charge in [-0.2, -0.15) is 0 Å². The predicted molar refractivity (Wildman–Crippen MR) is 152 cm³/mol. The highest BCUT2D eigenvalue weighted by Gasteiger charge is 2.28. The Morgan fingerprint density at radius 1 is 1.05 bits per heavy atom. The van der Waals surface area contributed by atoms with Gasteiger partial charge in [0.15, 0.2) is 5.03 Å². The van der Waals surface area contributed by atoms with Crippen molar-refractivity contribution in [2.45, 2.75) is 70.0 Å². The molecule has 0 aliphatic heterocycles. The monoisotopic (exact) mass is 568 g/mol. The second-order valence-corrected chi connectivity index (χ2v) is 12.0. The Kier molecular flexibility index (Phi) is 10.4. The summed E-state index contributed by atoms with van der Waals surface area (Å²) in [5, 5.41) is 9.31. The molecule has 0 saturated heterocycles. The summed E-state index contributed by atoms with van der Waals surface area (Å²) in [4.78, 5) is 33.9. The molecule has 10 nitrogen and oxygen atoms in total. The number of hydrogen-bond acceptors (Lipinski definition) is 7. The zero-order valence-electron chi connectivity index (χ0n) is 23.2. The van der Waals surface area contributed by atoms with Crippen LogP contribution in [0.1, 0.15) is 63.4 Å². The first kappa shape index (κ1) is 30.7. The van der Waals surface area contributed by atoms with Gasteiger partial charge < -0.3 is 9.84 Å². The van der Waals surface area contributed by atoms with E-state index in [-0.39, 0.29) is 17.3 Å². The van der Waals surface area contributed by atoms with E-state index in [1.54, 1.807) is 45.0 Å². The minimum Gasteiger partial charge on any atom is -0.480 e. The summed E-state index contributed by atoms with van der Waals surface area (Å²) in [6.45, 7) is 6.45. The second kappa shape index (κ2) is 13.5. The molecule has 1 amide bonds. The smallest absolute Gasteiger partial charge is 0.416 e. The Labute approximate surface area is 235 Å². The number of sulfonamides is 1. The van der Waals surface area contributed by atoms with Crippen LogP contribution in [0.15, 0.2) is 71.9 Å². The number of hydrogen-bond donors (Lipinski definition) is 2. The third-order valence-corrected chi connectivity index (χ3v) is 7.14. The van der Waals surface area contributed by atoms with Crippen LogP contribution in [0.3, 0.4) is 0 Å². The standard InChI is InChI=1S/C29H36N4O6S/c1-5-6-11-21-12-9-13-22(18-21)19-24(32-40(37,38)26-16-7-8-17-30-26)23-14-10-15-25(31-23)33(20-27(34)35)28(36)39-29(2,3)4/h7-10,12-18,24,32H,5-6,11,19-20H2,1-4H3,(H,34,35). The Morgan fingerprint density at radius 2 is 1.77 bits per heavy atom. The third kappa shape index (κ3) is 9.13. The molecule has 214 valence electrons. The molecule has 0 spiro atoms. The van der Waals surface area contributed by atoms with Crippen molar-refractivity contribution in [3.8, 4) is 0 Å². The van der Waals surface area contributed by atoms with Crippen molar-refractivity contribution in [1.82, 2.24) is 14.7 Å². The van der Waals surface area contributed by atoms with Crippen LogP contribution in [0.4, 0.5) is 10.6 Å². The Hall–Kier alpha value is -3.83. The topological polar surface area (TPSA) is 139 Å². The fraction of sp³-hybridized carbons (Fsp3) is 0.379. The Balaban J connectivity index is 2.02. The molecule has 0 fully saturated rings. The van der Waals surface area contributed by atoms with E-state index in [1.807, 2.05) is 24.3 Å². The van der Waals surface area contributed by atoms with Crippen LogP contribution >= 0.6 is 0 Å². The molecule has 2 aromatic heterocycles. The van der Waals surface area contributed by atoms with Gasteiger partial charge in [-0.05, 0) is 75.4 Å². The highest BCUT2D eigenvalue weighted by atomic mass is 32.2. The van der Waals surface area contributed by atoms with Gasteiger partial charge in [0.2, 0.25) is 0 Å². The third-order valence-electron chi connectivity index (χ3n) is 5.76. The van der Waals surface area contributed by atoms with Crippen LogP contribution in [0.5, 0.6) is 0 Å². The quantitative estimate of drug-likeness (QED) is 0.314. The number of rotatable bonds is 12. The largest absolute Gasteiger partial charge is 0.480 e. The highest BCUT2D eigenvalue weighted by molar-refractivity contribution is 7.89. The number of carbonyl (C=O) groups excluding carboxylic acids is 1. The van der Waals surface area contributed by atoms with E-state index in [4.69, 9.17) is 4.74 Å². The number of aryl methyl sites for hydroxylation is 1. The van der Waals surface area contributed by atoms with Gasteiger partial charge in [0.25, 0.3) is 10.0 Å². The number of aromatic nitrogens is 2. The molecule has 1 unspecified atom stereocenters. The summed E-state index contributed by atoms with van der Waals surface area (Å²) in [6.07, 6.45) is 3.76. The number of nitrogens with one attached hydrogen (secondary N) is 1. The van der Waals surface area contributed by atoms with Crippen LogP contribution in [0.25, 0.3) is 0 Å². The lowest BCUT2D eigenvalue weighted by Gasteiger charge is -2.26. The summed E-state index contributed by atoms with van der Waals surface area (Å²) >= 11 is 0. The molecule has 11 heteroatoms. The number of aliphatic carboxylic acids is 1. The summed E-state index contributed by atoms with van der Waals surface area (Å²) < 4.78 is 34.7. The molecule has 40 heavy (non-hydrogen) atoms. The van der Waals surface area contributed by atoms with Crippen LogP contribution in [0.2, 0.25) is 0 Å². The van der Waals surface area contributed by atoms with E-state index >= 15 is 0 Å². The maximum Gasteiger partial charge on any atom is 0.416 e. The van der Waals surface area contributed by atoms with Gasteiger partial charge in [0.05, 0.1) is 11.7 Å². The van der Waals surface area contributed by atoms with Gasteiger partial charge in [0, 0.05) is 6.20 Å². The molecule has 0 radical (unpaired) electrons. The summed E-state index contributed by atoms with van der Waals surface area (Å²) in [6, 6.07) is 16.4. The van der Waals surface area contributed by atoms with Crippen molar-refractivity contribution in [1.29, 1.82) is 0 Å². The fourth-order valence-corrected chi connectivity index (χ4v) is 5.12. The first-order chi connectivity index (χ1) is 18.9. The van der Waals surface area contributed by atoms with E-state index in [1.165, 1.54) is 18.3 Å². The van der Waals surface area contributed by atoms with E-state index in [2.05, 4.69) is 21.6 Å². The first-order valence-electron chi connectivity index (χ1n) is 13.1. The van der Waals surface area contributed by atoms with Gasteiger partial charge >= 0.3 is 12.1 Å². The second-order valence-electron chi connectivity index (χ2n) is 10.4. The molecule has 0 aliphatic rings. The molecule has 0 aliphatic carbocycles. The number of amides is 1. The van der Waals surface area contributed by atoms with Gasteiger partial charge in [-0.15, -0.1) is 0 Å². The van der Waals surface area contributed by atoms with Crippen LogP contribution < -0.4 is 9.62 Å². The molecule has 2 N–H and O–H groups in total. The van der Waals surface area contributed by atoms with E-state index in [0.717, 1.165) is 35.3 Å². The molecule has 1 atom stereocenters. The zero-order valence-corrected chi connectivity index (χ0v) is 24.0. The van der Waals surface area contributed by atoms with Gasteiger partial charge in [-0.3, -0.25) is 9.69 Å². The van der Waals surface area contributed by atoms with Crippen molar-refractivity contribution < 1.29 is 27.9 Å². The SMILES string of the molecule is CCCCc1cccc(CC(NS(=O)(=O)c2ccccn2)c2cccc(N(CC(=O)O)C(=O)OC(C)(C)C)n2)c1. The average Bonchev–Trinajstić information content (AvgIpc) is 2.90. The number of carbonyl (C=O) groups is 2. The fourth-order valence-electron chi connectivity index (χ4n) is 3.96. The normalized spacial score (nSPS) is 12.5. The molecular weight excluding hydrogens is 532 g/mol. The van der Waals surface area contributed by atoms with Crippen molar-refractivity contribution >= 4 is 27.9 Å². The van der Waals surface area contributed by atoms with Gasteiger partial charge in [-0.25, -0.2) is 27.9 Å². The van der Waals surface area contributed by atoms with Crippen molar-refractivity contribution in [3.05, 3.63) is 83.7 Å². The molecule has 3 rings (SSSR count). The average molecular weight is 569 g/mol.